The number of hydrogen-bond donors (Lipinski definition) is 0. The Bertz CT molecular complexity index is 644. The Labute approximate surface area is 108 Å². The van der Waals surface area contributed by atoms with E-state index >= 15 is 0 Å². The lowest BCUT2D eigenvalue weighted by atomic mass is 9.82. The fraction of sp³-hybridized carbons (Fsp3) is 0.385. The van der Waals surface area contributed by atoms with Crippen molar-refractivity contribution in [2.45, 2.75) is 25.2 Å². The molecule has 1 aliphatic rings. The summed E-state index contributed by atoms with van der Waals surface area (Å²) in [6, 6.07) is 2.06. The van der Waals surface area contributed by atoms with Crippen molar-refractivity contribution in [2.75, 3.05) is 0 Å². The van der Waals surface area contributed by atoms with Crippen molar-refractivity contribution in [3.8, 4) is 0 Å². The number of pyridine rings is 2. The van der Waals surface area contributed by atoms with Crippen molar-refractivity contribution in [3.05, 3.63) is 39.0 Å². The van der Waals surface area contributed by atoms with E-state index in [1.165, 1.54) is 19.3 Å². The largest absolute Gasteiger partial charge is 0.317 e. The summed E-state index contributed by atoms with van der Waals surface area (Å²) in [7, 11) is 1.76. The van der Waals surface area contributed by atoms with E-state index in [0.717, 1.165) is 15.6 Å². The minimum absolute atomic E-state index is 0.0101. The summed E-state index contributed by atoms with van der Waals surface area (Å²) >= 11 is 3.52. The predicted molar refractivity (Wildman–Crippen MR) is 71.3 cm³/mol. The monoisotopic (exact) mass is 292 g/mol. The van der Waals surface area contributed by atoms with Crippen molar-refractivity contribution in [1.29, 1.82) is 0 Å². The lowest BCUT2D eigenvalue weighted by molar-refractivity contribution is 0.411. The van der Waals surface area contributed by atoms with Gasteiger partial charge in [0.1, 0.15) is 0 Å². The summed E-state index contributed by atoms with van der Waals surface area (Å²) < 4.78 is 2.54. The third kappa shape index (κ3) is 1.71. The first-order valence-electron chi connectivity index (χ1n) is 5.81. The molecule has 4 heteroatoms. The third-order valence-electron chi connectivity index (χ3n) is 3.56. The minimum atomic E-state index is 0.0101. The molecule has 0 bridgehead atoms. The summed E-state index contributed by atoms with van der Waals surface area (Å²) in [5, 5.41) is 1.66. The maximum absolute atomic E-state index is 11.9. The van der Waals surface area contributed by atoms with Crippen molar-refractivity contribution >= 4 is 26.7 Å². The summed E-state index contributed by atoms with van der Waals surface area (Å²) in [5.41, 5.74) is 1.13. The molecule has 1 aliphatic carbocycles. The van der Waals surface area contributed by atoms with Crippen molar-refractivity contribution in [2.24, 2.45) is 7.05 Å². The molecule has 0 spiro atoms. The quantitative estimate of drug-likeness (QED) is 0.810. The van der Waals surface area contributed by atoms with Gasteiger partial charge < -0.3 is 4.57 Å². The lowest BCUT2D eigenvalue weighted by Gasteiger charge is -2.24. The zero-order chi connectivity index (χ0) is 12.0. The van der Waals surface area contributed by atoms with E-state index in [2.05, 4.69) is 27.0 Å². The Kier molecular flexibility index (Phi) is 2.54. The Morgan fingerprint density at radius 2 is 2.18 bits per heavy atom. The molecule has 0 unspecified atom stereocenters. The van der Waals surface area contributed by atoms with E-state index in [9.17, 15) is 4.79 Å². The molecule has 0 atom stereocenters. The molecule has 0 amide bonds. The number of aryl methyl sites for hydroxylation is 1. The molecule has 0 aliphatic heterocycles. The van der Waals surface area contributed by atoms with Crippen molar-refractivity contribution in [1.82, 2.24) is 9.55 Å². The first-order chi connectivity index (χ1) is 8.16. The standard InChI is InChI=1S/C13H13BrN2O/c1-16-7-11(14)9-5-12(8-3-2-4-8)15-6-10(9)13(16)17/h5-8H,2-4H2,1H3. The zero-order valence-electron chi connectivity index (χ0n) is 9.61. The van der Waals surface area contributed by atoms with Crippen LogP contribution in [-0.4, -0.2) is 9.55 Å². The van der Waals surface area contributed by atoms with Gasteiger partial charge in [-0.15, -0.1) is 0 Å². The Balaban J connectivity index is 2.25. The highest BCUT2D eigenvalue weighted by atomic mass is 79.9. The van der Waals surface area contributed by atoms with Gasteiger partial charge in [0, 0.05) is 40.9 Å². The third-order valence-corrected chi connectivity index (χ3v) is 4.20. The first-order valence-corrected chi connectivity index (χ1v) is 6.61. The topological polar surface area (TPSA) is 34.9 Å². The fourth-order valence-electron chi connectivity index (χ4n) is 2.26. The Hall–Kier alpha value is -1.16. The molecule has 0 N–H and O–H groups in total. The van der Waals surface area contributed by atoms with Crippen molar-refractivity contribution < 1.29 is 0 Å². The molecule has 0 radical (unpaired) electrons. The Morgan fingerprint density at radius 1 is 1.41 bits per heavy atom. The molecule has 2 aromatic heterocycles. The second-order valence-corrected chi connectivity index (χ2v) is 5.53. The molecule has 0 aromatic carbocycles. The second kappa shape index (κ2) is 3.95. The van der Waals surface area contributed by atoms with Crippen LogP contribution in [-0.2, 0) is 7.05 Å². The van der Waals surface area contributed by atoms with E-state index < -0.39 is 0 Å². The van der Waals surface area contributed by atoms with Crippen LogP contribution in [0.25, 0.3) is 10.8 Å². The molecule has 2 heterocycles. The van der Waals surface area contributed by atoms with Gasteiger partial charge in [-0.25, -0.2) is 0 Å². The van der Waals surface area contributed by atoms with E-state index in [1.807, 2.05) is 6.20 Å². The number of nitrogens with zero attached hydrogens (tertiary/aromatic N) is 2. The van der Waals surface area contributed by atoms with Gasteiger partial charge in [-0.3, -0.25) is 9.78 Å². The van der Waals surface area contributed by atoms with E-state index in [-0.39, 0.29) is 5.56 Å². The molecule has 17 heavy (non-hydrogen) atoms. The van der Waals surface area contributed by atoms with E-state index in [4.69, 9.17) is 0 Å². The smallest absolute Gasteiger partial charge is 0.259 e. The van der Waals surface area contributed by atoms with E-state index in [0.29, 0.717) is 11.3 Å². The highest BCUT2D eigenvalue weighted by molar-refractivity contribution is 9.10. The van der Waals surface area contributed by atoms with Crippen LogP contribution in [0.5, 0.6) is 0 Å². The molecule has 3 nitrogen and oxygen atoms in total. The SMILES string of the molecule is Cn1cc(Br)c2cc(C3CCC3)ncc2c1=O. The van der Waals surface area contributed by atoms with Gasteiger partial charge in [0.05, 0.1) is 5.39 Å². The number of aromatic nitrogens is 2. The average Bonchev–Trinajstić information content (AvgIpc) is 2.24. The number of rotatable bonds is 1. The molecular formula is C13H13BrN2O. The maximum Gasteiger partial charge on any atom is 0.259 e. The maximum atomic E-state index is 11.9. The Morgan fingerprint density at radius 3 is 2.82 bits per heavy atom. The molecule has 2 aromatic rings. The van der Waals surface area contributed by atoms with Gasteiger partial charge in [0.25, 0.3) is 5.56 Å². The minimum Gasteiger partial charge on any atom is -0.317 e. The highest BCUT2D eigenvalue weighted by Gasteiger charge is 2.21. The van der Waals surface area contributed by atoms with Gasteiger partial charge in [-0.2, -0.15) is 0 Å². The van der Waals surface area contributed by atoms with Gasteiger partial charge in [-0.1, -0.05) is 6.42 Å². The summed E-state index contributed by atoms with van der Waals surface area (Å²) in [6.07, 6.45) is 7.27. The average molecular weight is 293 g/mol. The molecule has 0 saturated heterocycles. The lowest BCUT2D eigenvalue weighted by Crippen LogP contribution is -2.17. The normalized spacial score (nSPS) is 16.1. The molecular weight excluding hydrogens is 280 g/mol. The van der Waals surface area contributed by atoms with Gasteiger partial charge in [0.2, 0.25) is 0 Å². The predicted octanol–water partition coefficient (Wildman–Crippen LogP) is 2.96. The summed E-state index contributed by atoms with van der Waals surface area (Å²) in [5.74, 6) is 0.593. The van der Waals surface area contributed by atoms with Gasteiger partial charge >= 0.3 is 0 Å². The number of hydrogen-bond acceptors (Lipinski definition) is 2. The van der Waals surface area contributed by atoms with Crippen LogP contribution in [0.15, 0.2) is 27.7 Å². The fourth-order valence-corrected chi connectivity index (χ4v) is 2.89. The first kappa shape index (κ1) is 11.0. The number of halogens is 1. The van der Waals surface area contributed by atoms with Crippen LogP contribution in [0.2, 0.25) is 0 Å². The molecule has 1 fully saturated rings. The van der Waals surface area contributed by atoms with Crippen LogP contribution < -0.4 is 5.56 Å². The van der Waals surface area contributed by atoms with Crippen LogP contribution in [0.1, 0.15) is 30.9 Å². The van der Waals surface area contributed by atoms with Crippen molar-refractivity contribution in [3.63, 3.8) is 0 Å². The zero-order valence-corrected chi connectivity index (χ0v) is 11.2. The van der Waals surface area contributed by atoms with Crippen LogP contribution in [0, 0.1) is 0 Å². The molecule has 88 valence electrons. The molecule has 1 saturated carbocycles. The molecule has 3 rings (SSSR count). The van der Waals surface area contributed by atoms with E-state index in [1.54, 1.807) is 17.8 Å². The van der Waals surface area contributed by atoms with Crippen LogP contribution in [0.4, 0.5) is 0 Å². The summed E-state index contributed by atoms with van der Waals surface area (Å²) in [6.45, 7) is 0. The second-order valence-electron chi connectivity index (χ2n) is 4.68. The highest BCUT2D eigenvalue weighted by Crippen LogP contribution is 2.36. The van der Waals surface area contributed by atoms with Crippen LogP contribution in [0.3, 0.4) is 0 Å². The summed E-state index contributed by atoms with van der Waals surface area (Å²) in [4.78, 5) is 16.4. The number of fused-ring (bicyclic) bond motifs is 1. The van der Waals surface area contributed by atoms with Crippen LogP contribution >= 0.6 is 15.9 Å². The van der Waals surface area contributed by atoms with Gasteiger partial charge in [0.15, 0.2) is 0 Å². The van der Waals surface area contributed by atoms with Gasteiger partial charge in [-0.05, 0) is 34.8 Å².